The van der Waals surface area contributed by atoms with Gasteiger partial charge in [0.15, 0.2) is 0 Å². The monoisotopic (exact) mass is 198 g/mol. The summed E-state index contributed by atoms with van der Waals surface area (Å²) in [6.07, 6.45) is 2.34. The molecule has 0 fully saturated rings. The Morgan fingerprint density at radius 1 is 1.29 bits per heavy atom. The summed E-state index contributed by atoms with van der Waals surface area (Å²) in [6, 6.07) is 0. The first-order valence-corrected chi connectivity index (χ1v) is 5.58. The Labute approximate surface area is 89.1 Å². The molecule has 0 rings (SSSR count). The van der Waals surface area contributed by atoms with Crippen LogP contribution in [0.25, 0.3) is 0 Å². The van der Waals surface area contributed by atoms with Gasteiger partial charge in [-0.1, -0.05) is 27.7 Å². The second-order valence-corrected chi connectivity index (χ2v) is 4.63. The fourth-order valence-electron chi connectivity index (χ4n) is 1.62. The van der Waals surface area contributed by atoms with Crippen LogP contribution in [-0.2, 0) is 0 Å². The Morgan fingerprint density at radius 2 is 1.79 bits per heavy atom. The summed E-state index contributed by atoms with van der Waals surface area (Å²) in [6.45, 7) is 11.1. The zero-order valence-corrected chi connectivity index (χ0v) is 10.6. The Balaban J connectivity index is 4.78. The van der Waals surface area contributed by atoms with Crippen molar-refractivity contribution in [2.75, 3.05) is 7.05 Å². The first-order valence-electron chi connectivity index (χ1n) is 5.58. The van der Waals surface area contributed by atoms with Gasteiger partial charge in [-0.3, -0.25) is 0 Å². The molecule has 14 heavy (non-hydrogen) atoms. The average Bonchev–Trinajstić information content (AvgIpc) is 2.11. The number of nitrogens with zero attached hydrogens (tertiary/aromatic N) is 1. The first-order chi connectivity index (χ1) is 6.40. The summed E-state index contributed by atoms with van der Waals surface area (Å²) in [7, 11) is 1.91. The van der Waals surface area contributed by atoms with E-state index in [9.17, 15) is 0 Å². The van der Waals surface area contributed by atoms with Crippen LogP contribution in [0.4, 0.5) is 0 Å². The van der Waals surface area contributed by atoms with E-state index in [2.05, 4.69) is 34.6 Å². The molecule has 0 radical (unpaired) electrons. The maximum atomic E-state index is 5.78. The van der Waals surface area contributed by atoms with E-state index < -0.39 is 0 Å². The quantitative estimate of drug-likeness (QED) is 0.543. The zero-order chi connectivity index (χ0) is 11.3. The predicted octanol–water partition coefficient (Wildman–Crippen LogP) is 3.16. The minimum Gasteiger partial charge on any atom is -0.319 e. The number of hydrogen-bond donors (Lipinski definition) is 1. The van der Waals surface area contributed by atoms with Crippen molar-refractivity contribution in [3.63, 3.8) is 0 Å². The van der Waals surface area contributed by atoms with Crippen molar-refractivity contribution in [1.29, 1.82) is 0 Å². The second-order valence-electron chi connectivity index (χ2n) is 4.63. The minimum absolute atomic E-state index is 0.642. The van der Waals surface area contributed by atoms with Gasteiger partial charge in [0.25, 0.3) is 0 Å². The van der Waals surface area contributed by atoms with Gasteiger partial charge < -0.3 is 5.01 Å². The molecule has 0 saturated carbocycles. The van der Waals surface area contributed by atoms with Gasteiger partial charge in [-0.05, 0) is 37.2 Å². The Morgan fingerprint density at radius 3 is 2.07 bits per heavy atom. The highest BCUT2D eigenvalue weighted by atomic mass is 15.4. The van der Waals surface area contributed by atoms with E-state index in [1.165, 1.54) is 17.7 Å². The molecule has 0 aromatic heterocycles. The zero-order valence-electron chi connectivity index (χ0n) is 10.6. The molecule has 0 heterocycles. The topological polar surface area (TPSA) is 29.3 Å². The van der Waals surface area contributed by atoms with Gasteiger partial charge in [0.1, 0.15) is 0 Å². The van der Waals surface area contributed by atoms with Crippen molar-refractivity contribution < 1.29 is 0 Å². The smallest absolute Gasteiger partial charge is 0.0251 e. The molecule has 0 saturated heterocycles. The van der Waals surface area contributed by atoms with Gasteiger partial charge in [0, 0.05) is 12.7 Å². The van der Waals surface area contributed by atoms with Crippen LogP contribution in [-0.4, -0.2) is 12.1 Å². The second kappa shape index (κ2) is 6.07. The van der Waals surface area contributed by atoms with E-state index >= 15 is 0 Å². The Kier molecular flexibility index (Phi) is 5.86. The Bertz CT molecular complexity index is 192. The van der Waals surface area contributed by atoms with Gasteiger partial charge in [-0.25, -0.2) is 5.84 Å². The molecule has 0 aromatic rings. The van der Waals surface area contributed by atoms with Crippen LogP contribution < -0.4 is 5.84 Å². The molecule has 0 bridgehead atoms. The normalized spacial score (nSPS) is 15.4. The third kappa shape index (κ3) is 4.14. The van der Waals surface area contributed by atoms with Crippen LogP contribution in [0.15, 0.2) is 11.3 Å². The fourth-order valence-corrected chi connectivity index (χ4v) is 1.62. The van der Waals surface area contributed by atoms with Gasteiger partial charge >= 0.3 is 0 Å². The largest absolute Gasteiger partial charge is 0.319 e. The molecule has 0 aliphatic rings. The molecule has 0 amide bonds. The third-order valence-electron chi connectivity index (χ3n) is 2.83. The minimum atomic E-state index is 0.642. The highest BCUT2D eigenvalue weighted by Gasteiger charge is 2.13. The molecule has 84 valence electrons. The first kappa shape index (κ1) is 13.5. The lowest BCUT2D eigenvalue weighted by atomic mass is 9.89. The van der Waals surface area contributed by atoms with E-state index in [-0.39, 0.29) is 0 Å². The van der Waals surface area contributed by atoms with Crippen molar-refractivity contribution in [2.24, 2.45) is 17.7 Å². The van der Waals surface area contributed by atoms with E-state index in [1.54, 1.807) is 5.01 Å². The van der Waals surface area contributed by atoms with E-state index in [4.69, 9.17) is 5.84 Å². The summed E-state index contributed by atoms with van der Waals surface area (Å²) in [4.78, 5) is 0. The van der Waals surface area contributed by atoms with Crippen molar-refractivity contribution in [2.45, 2.75) is 47.5 Å². The van der Waals surface area contributed by atoms with Gasteiger partial charge in [-0.15, -0.1) is 0 Å². The van der Waals surface area contributed by atoms with Crippen LogP contribution >= 0.6 is 0 Å². The van der Waals surface area contributed by atoms with Crippen LogP contribution in [0.2, 0.25) is 0 Å². The van der Waals surface area contributed by atoms with Crippen LogP contribution in [0.5, 0.6) is 0 Å². The van der Waals surface area contributed by atoms with E-state index in [0.29, 0.717) is 11.8 Å². The summed E-state index contributed by atoms with van der Waals surface area (Å²) in [5, 5.41) is 1.74. The molecule has 0 aliphatic heterocycles. The van der Waals surface area contributed by atoms with Crippen LogP contribution in [0, 0.1) is 11.8 Å². The molecular weight excluding hydrogens is 172 g/mol. The molecule has 0 spiro atoms. The molecule has 0 aliphatic carbocycles. The number of hydrazine groups is 1. The average molecular weight is 198 g/mol. The van der Waals surface area contributed by atoms with Crippen molar-refractivity contribution in [3.8, 4) is 0 Å². The summed E-state index contributed by atoms with van der Waals surface area (Å²) >= 11 is 0. The fraction of sp³-hybridized carbons (Fsp3) is 0.833. The molecular formula is C12H26N2. The van der Waals surface area contributed by atoms with Gasteiger partial charge in [-0.2, -0.15) is 0 Å². The number of allylic oxidation sites excluding steroid dienone is 2. The van der Waals surface area contributed by atoms with E-state index in [0.717, 1.165) is 6.42 Å². The molecule has 2 N–H and O–H groups in total. The van der Waals surface area contributed by atoms with E-state index in [1.807, 2.05) is 7.05 Å². The standard InChI is InChI=1S/C12H26N2/c1-7-10(4)12(8-9(2)3)11(5)14(6)13/h9-10H,7-8,13H2,1-6H3/b12-11-. The van der Waals surface area contributed by atoms with Crippen LogP contribution in [0.3, 0.4) is 0 Å². The van der Waals surface area contributed by atoms with Gasteiger partial charge in [0.2, 0.25) is 0 Å². The summed E-state index contributed by atoms with van der Waals surface area (Å²) < 4.78 is 0. The summed E-state index contributed by atoms with van der Waals surface area (Å²) in [5.41, 5.74) is 2.74. The van der Waals surface area contributed by atoms with Crippen molar-refractivity contribution >= 4 is 0 Å². The highest BCUT2D eigenvalue weighted by Crippen LogP contribution is 2.25. The van der Waals surface area contributed by atoms with Crippen molar-refractivity contribution in [1.82, 2.24) is 5.01 Å². The van der Waals surface area contributed by atoms with Crippen LogP contribution in [0.1, 0.15) is 47.5 Å². The lowest BCUT2D eigenvalue weighted by Gasteiger charge is -2.24. The SMILES string of the molecule is CCC(C)/C(CC(C)C)=C(/C)N(C)N. The molecule has 1 unspecified atom stereocenters. The van der Waals surface area contributed by atoms with Gasteiger partial charge in [0.05, 0.1) is 0 Å². The highest BCUT2D eigenvalue weighted by molar-refractivity contribution is 5.13. The third-order valence-corrected chi connectivity index (χ3v) is 2.83. The molecule has 1 atom stereocenters. The molecule has 2 nitrogen and oxygen atoms in total. The summed E-state index contributed by atoms with van der Waals surface area (Å²) in [5.74, 6) is 7.13. The number of rotatable bonds is 5. The number of nitrogens with two attached hydrogens (primary N) is 1. The number of hydrogen-bond acceptors (Lipinski definition) is 2. The Hall–Kier alpha value is -0.500. The molecule has 0 aromatic carbocycles. The maximum Gasteiger partial charge on any atom is 0.0251 e. The lowest BCUT2D eigenvalue weighted by molar-refractivity contribution is 0.414. The predicted molar refractivity (Wildman–Crippen MR) is 63.6 cm³/mol. The maximum absolute atomic E-state index is 5.78. The van der Waals surface area contributed by atoms with Crippen molar-refractivity contribution in [3.05, 3.63) is 11.3 Å². The molecule has 2 heteroatoms. The lowest BCUT2D eigenvalue weighted by Crippen LogP contribution is -2.26.